The van der Waals surface area contributed by atoms with E-state index in [1.165, 1.54) is 4.90 Å². The number of rotatable bonds is 7. The van der Waals surface area contributed by atoms with Crippen LogP contribution in [0.3, 0.4) is 0 Å². The van der Waals surface area contributed by atoms with Gasteiger partial charge < -0.3 is 10.2 Å². The first-order chi connectivity index (χ1) is 15.1. The van der Waals surface area contributed by atoms with Crippen LogP contribution in [0.2, 0.25) is 0 Å². The van der Waals surface area contributed by atoms with Gasteiger partial charge in [-0.05, 0) is 55.8 Å². The summed E-state index contributed by atoms with van der Waals surface area (Å²) >= 11 is 0. The summed E-state index contributed by atoms with van der Waals surface area (Å²) in [5.41, 5.74) is 3.81. The monoisotopic (exact) mass is 411 g/mol. The summed E-state index contributed by atoms with van der Waals surface area (Å²) in [5.74, 6) is -0.687. The largest absolute Gasteiger partial charge is 0.372 e. The molecule has 0 saturated heterocycles. The summed E-state index contributed by atoms with van der Waals surface area (Å²) in [6, 6.07) is 26.2. The average molecular weight is 412 g/mol. The van der Waals surface area contributed by atoms with Gasteiger partial charge in [0.25, 0.3) is 11.8 Å². The van der Waals surface area contributed by atoms with Crippen molar-refractivity contribution in [2.45, 2.75) is 13.8 Å². The average Bonchev–Trinajstić information content (AvgIpc) is 3.06. The van der Waals surface area contributed by atoms with Gasteiger partial charge in [0.05, 0.1) is 11.3 Å². The number of anilines is 3. The summed E-state index contributed by atoms with van der Waals surface area (Å²) in [7, 11) is 0. The first-order valence-corrected chi connectivity index (χ1v) is 10.5. The molecule has 3 aromatic rings. The molecule has 1 heterocycles. The van der Waals surface area contributed by atoms with Crippen molar-refractivity contribution in [1.29, 1.82) is 0 Å². The van der Waals surface area contributed by atoms with E-state index in [9.17, 15) is 9.59 Å². The van der Waals surface area contributed by atoms with E-state index in [1.807, 2.05) is 72.8 Å². The van der Waals surface area contributed by atoms with Crippen LogP contribution in [0.1, 0.15) is 19.4 Å². The number of hydrogen-bond acceptors (Lipinski definition) is 4. The number of nitrogens with zero attached hydrogens (tertiary/aromatic N) is 2. The van der Waals surface area contributed by atoms with Crippen LogP contribution in [0.5, 0.6) is 0 Å². The second-order valence-electron chi connectivity index (χ2n) is 7.24. The zero-order chi connectivity index (χ0) is 21.8. The van der Waals surface area contributed by atoms with E-state index < -0.39 is 0 Å². The van der Waals surface area contributed by atoms with Crippen LogP contribution in [-0.4, -0.2) is 24.9 Å². The molecular weight excluding hydrogens is 386 g/mol. The Balaban J connectivity index is 1.72. The van der Waals surface area contributed by atoms with Gasteiger partial charge in [-0.2, -0.15) is 0 Å². The van der Waals surface area contributed by atoms with E-state index in [0.717, 1.165) is 24.5 Å². The zero-order valence-corrected chi connectivity index (χ0v) is 17.7. The highest BCUT2D eigenvalue weighted by Crippen LogP contribution is 2.33. The number of benzene rings is 3. The van der Waals surface area contributed by atoms with Crippen molar-refractivity contribution >= 4 is 34.4 Å². The second kappa shape index (κ2) is 8.88. The smallest absolute Gasteiger partial charge is 0.282 e. The summed E-state index contributed by atoms with van der Waals surface area (Å²) in [5, 5.41) is 3.22. The van der Waals surface area contributed by atoms with Crippen molar-refractivity contribution < 1.29 is 9.59 Å². The number of nitrogens with one attached hydrogen (secondary N) is 1. The molecule has 1 N–H and O–H groups in total. The molecule has 1 aliphatic heterocycles. The van der Waals surface area contributed by atoms with Crippen LogP contribution in [-0.2, 0) is 9.59 Å². The third kappa shape index (κ3) is 3.94. The normalized spacial score (nSPS) is 13.7. The molecule has 1 aliphatic rings. The van der Waals surface area contributed by atoms with Gasteiger partial charge in [-0.15, -0.1) is 0 Å². The van der Waals surface area contributed by atoms with Crippen molar-refractivity contribution in [2.75, 3.05) is 28.2 Å². The molecule has 0 unspecified atom stereocenters. The van der Waals surface area contributed by atoms with Gasteiger partial charge in [-0.3, -0.25) is 9.59 Å². The van der Waals surface area contributed by atoms with E-state index in [4.69, 9.17) is 0 Å². The Hall–Kier alpha value is -3.86. The standard InChI is InChI=1S/C26H25N3O2/c1-3-28(4-2)21-17-15-20(16-18-21)27-24-23(19-11-7-5-8-12-19)25(30)29(26(24)31)22-13-9-6-10-14-22/h5-18,27H,3-4H2,1-2H3. The van der Waals surface area contributed by atoms with Crippen LogP contribution in [0.4, 0.5) is 17.1 Å². The predicted molar refractivity (Wildman–Crippen MR) is 126 cm³/mol. The van der Waals surface area contributed by atoms with Crippen LogP contribution in [0, 0.1) is 0 Å². The lowest BCUT2D eigenvalue weighted by Gasteiger charge is -2.21. The molecule has 2 amide bonds. The van der Waals surface area contributed by atoms with Crippen LogP contribution < -0.4 is 15.1 Å². The summed E-state index contributed by atoms with van der Waals surface area (Å²) in [4.78, 5) is 30.2. The topological polar surface area (TPSA) is 52.7 Å². The highest BCUT2D eigenvalue weighted by atomic mass is 16.2. The van der Waals surface area contributed by atoms with Crippen molar-refractivity contribution in [1.82, 2.24) is 0 Å². The molecule has 0 bridgehead atoms. The Bertz CT molecular complexity index is 1100. The molecule has 0 spiro atoms. The Kier molecular flexibility index (Phi) is 5.85. The van der Waals surface area contributed by atoms with Crippen LogP contribution in [0.15, 0.2) is 90.6 Å². The van der Waals surface area contributed by atoms with E-state index >= 15 is 0 Å². The molecule has 5 heteroatoms. The molecule has 0 atom stereocenters. The van der Waals surface area contributed by atoms with Gasteiger partial charge in [0.15, 0.2) is 0 Å². The van der Waals surface area contributed by atoms with Crippen LogP contribution >= 0.6 is 0 Å². The Labute approximate surface area is 182 Å². The minimum Gasteiger partial charge on any atom is -0.372 e. The van der Waals surface area contributed by atoms with Crippen molar-refractivity contribution in [2.24, 2.45) is 0 Å². The zero-order valence-electron chi connectivity index (χ0n) is 17.7. The third-order valence-electron chi connectivity index (χ3n) is 5.43. The maximum Gasteiger partial charge on any atom is 0.282 e. The molecule has 4 rings (SSSR count). The second-order valence-corrected chi connectivity index (χ2v) is 7.24. The molecule has 0 fully saturated rings. The highest BCUT2D eigenvalue weighted by molar-refractivity contribution is 6.46. The maximum atomic E-state index is 13.3. The van der Waals surface area contributed by atoms with E-state index in [-0.39, 0.29) is 17.5 Å². The minimum atomic E-state index is -0.358. The summed E-state index contributed by atoms with van der Waals surface area (Å²) in [6.45, 7) is 6.08. The molecule has 0 aromatic heterocycles. The molecule has 0 radical (unpaired) electrons. The molecule has 156 valence electrons. The SMILES string of the molecule is CCN(CC)c1ccc(NC2=C(c3ccccc3)C(=O)N(c3ccccc3)C2=O)cc1. The fraction of sp³-hybridized carbons (Fsp3) is 0.154. The van der Waals surface area contributed by atoms with E-state index in [2.05, 4.69) is 24.1 Å². The Morgan fingerprint density at radius 2 is 1.32 bits per heavy atom. The fourth-order valence-corrected chi connectivity index (χ4v) is 3.82. The number of amides is 2. The predicted octanol–water partition coefficient (Wildman–Crippen LogP) is 4.93. The molecular formula is C26H25N3O2. The number of imide groups is 1. The van der Waals surface area contributed by atoms with Crippen LogP contribution in [0.25, 0.3) is 5.57 Å². The fourth-order valence-electron chi connectivity index (χ4n) is 3.82. The highest BCUT2D eigenvalue weighted by Gasteiger charge is 2.40. The first-order valence-electron chi connectivity index (χ1n) is 10.5. The Morgan fingerprint density at radius 1 is 0.742 bits per heavy atom. The lowest BCUT2D eigenvalue weighted by atomic mass is 10.0. The molecule has 0 aliphatic carbocycles. The van der Waals surface area contributed by atoms with Gasteiger partial charge in [-0.25, -0.2) is 4.90 Å². The minimum absolute atomic E-state index is 0.288. The third-order valence-corrected chi connectivity index (χ3v) is 5.43. The molecule has 3 aromatic carbocycles. The first kappa shape index (κ1) is 20.4. The summed E-state index contributed by atoms with van der Waals surface area (Å²) in [6.07, 6.45) is 0. The summed E-state index contributed by atoms with van der Waals surface area (Å²) < 4.78 is 0. The number of hydrogen-bond donors (Lipinski definition) is 1. The van der Waals surface area contributed by atoms with Gasteiger partial charge in [0, 0.05) is 24.5 Å². The molecule has 5 nitrogen and oxygen atoms in total. The van der Waals surface area contributed by atoms with Crippen molar-refractivity contribution in [3.8, 4) is 0 Å². The molecule has 0 saturated carbocycles. The van der Waals surface area contributed by atoms with Gasteiger partial charge >= 0.3 is 0 Å². The lowest BCUT2D eigenvalue weighted by molar-refractivity contribution is -0.120. The van der Waals surface area contributed by atoms with Crippen molar-refractivity contribution in [3.05, 3.63) is 96.2 Å². The number of carbonyl (C=O) groups is 2. The quantitative estimate of drug-likeness (QED) is 0.560. The number of para-hydroxylation sites is 1. The maximum absolute atomic E-state index is 13.3. The number of carbonyl (C=O) groups excluding carboxylic acids is 2. The lowest BCUT2D eigenvalue weighted by Crippen LogP contribution is -2.32. The van der Waals surface area contributed by atoms with Gasteiger partial charge in [0.1, 0.15) is 5.70 Å². The Morgan fingerprint density at radius 3 is 1.90 bits per heavy atom. The van der Waals surface area contributed by atoms with E-state index in [0.29, 0.717) is 16.8 Å². The molecule has 31 heavy (non-hydrogen) atoms. The van der Waals surface area contributed by atoms with Gasteiger partial charge in [-0.1, -0.05) is 48.5 Å². The van der Waals surface area contributed by atoms with Gasteiger partial charge in [0.2, 0.25) is 0 Å². The van der Waals surface area contributed by atoms with E-state index in [1.54, 1.807) is 12.1 Å². The van der Waals surface area contributed by atoms with Crippen molar-refractivity contribution in [3.63, 3.8) is 0 Å².